The molecule has 0 aliphatic rings. The maximum atomic E-state index is 12.3. The quantitative estimate of drug-likeness (QED) is 0.547. The zero-order chi connectivity index (χ0) is 19.2. The monoisotopic (exact) mass is 366 g/mol. The van der Waals surface area contributed by atoms with Gasteiger partial charge in [0.25, 0.3) is 5.91 Å². The van der Waals surface area contributed by atoms with E-state index < -0.39 is 0 Å². The molecule has 3 rings (SSSR count). The van der Waals surface area contributed by atoms with E-state index >= 15 is 0 Å². The van der Waals surface area contributed by atoms with Crippen molar-refractivity contribution in [2.24, 2.45) is 7.05 Å². The van der Waals surface area contributed by atoms with Crippen molar-refractivity contribution in [2.45, 2.75) is 13.8 Å². The van der Waals surface area contributed by atoms with Crippen LogP contribution in [-0.2, 0) is 7.05 Å². The summed E-state index contributed by atoms with van der Waals surface area (Å²) in [6, 6.07) is 7.38. The molecule has 27 heavy (non-hydrogen) atoms. The van der Waals surface area contributed by atoms with Crippen LogP contribution in [0.15, 0.2) is 36.8 Å². The van der Waals surface area contributed by atoms with E-state index in [1.165, 1.54) is 6.33 Å². The third-order valence-electron chi connectivity index (χ3n) is 4.04. The number of anilines is 3. The summed E-state index contributed by atoms with van der Waals surface area (Å²) < 4.78 is 1.71. The second-order valence-electron chi connectivity index (χ2n) is 5.98. The standard InChI is InChI=1S/C18H22N8O/c1-12-17(13(2)26(3)25-12)18(27)21-9-8-20-15-10-16(23-11-22-15)24-14-6-4-5-7-19-14/h4-7,10-11H,8-9H2,1-3H3,(H,21,27)(H2,19,20,22,23,24). The van der Waals surface area contributed by atoms with Crippen LogP contribution in [0.4, 0.5) is 17.5 Å². The first kappa shape index (κ1) is 18.3. The van der Waals surface area contributed by atoms with Crippen molar-refractivity contribution in [3.05, 3.63) is 53.7 Å². The van der Waals surface area contributed by atoms with E-state index in [9.17, 15) is 4.79 Å². The molecule has 140 valence electrons. The highest BCUT2D eigenvalue weighted by Crippen LogP contribution is 2.14. The molecule has 0 saturated carbocycles. The fraction of sp³-hybridized carbons (Fsp3) is 0.278. The summed E-state index contributed by atoms with van der Waals surface area (Å²) in [7, 11) is 1.83. The normalized spacial score (nSPS) is 10.5. The molecule has 0 aromatic carbocycles. The van der Waals surface area contributed by atoms with Crippen LogP contribution in [0.25, 0.3) is 0 Å². The Balaban J connectivity index is 1.50. The van der Waals surface area contributed by atoms with Crippen molar-refractivity contribution in [3.8, 4) is 0 Å². The molecule has 9 nitrogen and oxygen atoms in total. The van der Waals surface area contributed by atoms with Gasteiger partial charge in [-0.25, -0.2) is 15.0 Å². The van der Waals surface area contributed by atoms with Crippen LogP contribution in [-0.4, -0.2) is 43.7 Å². The molecular weight excluding hydrogens is 344 g/mol. The number of pyridine rings is 1. The minimum Gasteiger partial charge on any atom is -0.368 e. The summed E-state index contributed by atoms with van der Waals surface area (Å²) in [6.07, 6.45) is 3.17. The molecule has 0 radical (unpaired) electrons. The molecule has 0 fully saturated rings. The summed E-state index contributed by atoms with van der Waals surface area (Å²) in [6.45, 7) is 4.70. The molecule has 9 heteroatoms. The number of aryl methyl sites for hydroxylation is 2. The van der Waals surface area contributed by atoms with Gasteiger partial charge in [0.05, 0.1) is 11.3 Å². The number of nitrogens with one attached hydrogen (secondary N) is 3. The molecule has 3 aromatic heterocycles. The van der Waals surface area contributed by atoms with Gasteiger partial charge in [-0.05, 0) is 26.0 Å². The van der Waals surface area contributed by atoms with Crippen LogP contribution >= 0.6 is 0 Å². The fourth-order valence-corrected chi connectivity index (χ4v) is 2.65. The van der Waals surface area contributed by atoms with Crippen LogP contribution < -0.4 is 16.0 Å². The van der Waals surface area contributed by atoms with E-state index in [4.69, 9.17) is 0 Å². The Hall–Kier alpha value is -3.49. The molecule has 3 N–H and O–H groups in total. The highest BCUT2D eigenvalue weighted by Gasteiger charge is 2.16. The Morgan fingerprint density at radius 2 is 1.89 bits per heavy atom. The predicted octanol–water partition coefficient (Wildman–Crippen LogP) is 1.81. The molecule has 0 aliphatic carbocycles. The van der Waals surface area contributed by atoms with Gasteiger partial charge in [0, 0.05) is 38.1 Å². The van der Waals surface area contributed by atoms with Gasteiger partial charge in [-0.2, -0.15) is 5.10 Å². The number of aromatic nitrogens is 5. The molecule has 1 amide bonds. The molecule has 0 unspecified atom stereocenters. The van der Waals surface area contributed by atoms with Gasteiger partial charge < -0.3 is 16.0 Å². The van der Waals surface area contributed by atoms with Crippen molar-refractivity contribution in [1.29, 1.82) is 0 Å². The Morgan fingerprint density at radius 3 is 2.59 bits per heavy atom. The van der Waals surface area contributed by atoms with Gasteiger partial charge in [0.15, 0.2) is 0 Å². The first-order valence-corrected chi connectivity index (χ1v) is 8.57. The van der Waals surface area contributed by atoms with E-state index in [1.54, 1.807) is 16.9 Å². The van der Waals surface area contributed by atoms with Crippen molar-refractivity contribution in [2.75, 3.05) is 23.7 Å². The van der Waals surface area contributed by atoms with Gasteiger partial charge in [-0.1, -0.05) is 6.07 Å². The zero-order valence-electron chi connectivity index (χ0n) is 15.5. The minimum atomic E-state index is -0.125. The SMILES string of the molecule is Cc1nn(C)c(C)c1C(=O)NCCNc1cc(Nc2ccccn2)ncn1. The van der Waals surface area contributed by atoms with Crippen LogP contribution in [0.3, 0.4) is 0 Å². The van der Waals surface area contributed by atoms with Gasteiger partial charge in [0.1, 0.15) is 23.8 Å². The van der Waals surface area contributed by atoms with Crippen molar-refractivity contribution in [3.63, 3.8) is 0 Å². The topological polar surface area (TPSA) is 110 Å². The highest BCUT2D eigenvalue weighted by atomic mass is 16.1. The first-order valence-electron chi connectivity index (χ1n) is 8.57. The number of nitrogens with zero attached hydrogens (tertiary/aromatic N) is 5. The Labute approximate surface area is 157 Å². The lowest BCUT2D eigenvalue weighted by Crippen LogP contribution is -2.29. The molecule has 0 bridgehead atoms. The first-order chi connectivity index (χ1) is 13.0. The lowest BCUT2D eigenvalue weighted by Gasteiger charge is -2.09. The van der Waals surface area contributed by atoms with Crippen molar-refractivity contribution in [1.82, 2.24) is 30.0 Å². The third kappa shape index (κ3) is 4.57. The smallest absolute Gasteiger partial charge is 0.255 e. The van der Waals surface area contributed by atoms with E-state index in [0.717, 1.165) is 11.4 Å². The predicted molar refractivity (Wildman–Crippen MR) is 103 cm³/mol. The van der Waals surface area contributed by atoms with Crippen LogP contribution in [0.1, 0.15) is 21.7 Å². The van der Waals surface area contributed by atoms with Gasteiger partial charge in [-0.15, -0.1) is 0 Å². The second-order valence-corrected chi connectivity index (χ2v) is 5.98. The van der Waals surface area contributed by atoms with Crippen molar-refractivity contribution < 1.29 is 4.79 Å². The molecule has 0 atom stereocenters. The summed E-state index contributed by atoms with van der Waals surface area (Å²) in [5.41, 5.74) is 2.20. The van der Waals surface area contributed by atoms with Crippen LogP contribution in [0, 0.1) is 13.8 Å². The Kier molecular flexibility index (Phi) is 5.60. The number of hydrogen-bond acceptors (Lipinski definition) is 7. The summed E-state index contributed by atoms with van der Waals surface area (Å²) in [4.78, 5) is 24.9. The number of carbonyl (C=O) groups excluding carboxylic acids is 1. The fourth-order valence-electron chi connectivity index (χ4n) is 2.65. The molecular formula is C18H22N8O. The molecule has 0 aliphatic heterocycles. The summed E-state index contributed by atoms with van der Waals surface area (Å²) in [5, 5.41) is 13.4. The van der Waals surface area contributed by atoms with E-state index in [1.807, 2.05) is 39.1 Å². The number of hydrogen-bond donors (Lipinski definition) is 3. The van der Waals surface area contributed by atoms with Gasteiger partial charge in [-0.3, -0.25) is 9.48 Å². The molecule has 0 saturated heterocycles. The Bertz CT molecular complexity index is 922. The van der Waals surface area contributed by atoms with Gasteiger partial charge in [0.2, 0.25) is 0 Å². The van der Waals surface area contributed by atoms with Crippen LogP contribution in [0.5, 0.6) is 0 Å². The lowest BCUT2D eigenvalue weighted by molar-refractivity contribution is 0.0954. The largest absolute Gasteiger partial charge is 0.368 e. The number of amides is 1. The average molecular weight is 366 g/mol. The zero-order valence-corrected chi connectivity index (χ0v) is 15.5. The highest BCUT2D eigenvalue weighted by molar-refractivity contribution is 5.96. The van der Waals surface area contributed by atoms with Crippen molar-refractivity contribution >= 4 is 23.4 Å². The molecule has 3 aromatic rings. The maximum Gasteiger partial charge on any atom is 0.255 e. The van der Waals surface area contributed by atoms with Gasteiger partial charge >= 0.3 is 0 Å². The third-order valence-corrected chi connectivity index (χ3v) is 4.04. The van der Waals surface area contributed by atoms with E-state index in [0.29, 0.717) is 36.1 Å². The Morgan fingerprint density at radius 1 is 1.07 bits per heavy atom. The van der Waals surface area contributed by atoms with Crippen LogP contribution in [0.2, 0.25) is 0 Å². The number of carbonyl (C=O) groups is 1. The van der Waals surface area contributed by atoms with E-state index in [-0.39, 0.29) is 5.91 Å². The molecule has 3 heterocycles. The maximum absolute atomic E-state index is 12.3. The lowest BCUT2D eigenvalue weighted by atomic mass is 10.2. The molecule has 0 spiro atoms. The minimum absolute atomic E-state index is 0.125. The van der Waals surface area contributed by atoms with E-state index in [2.05, 4.69) is 36.0 Å². The summed E-state index contributed by atoms with van der Waals surface area (Å²) >= 11 is 0. The number of rotatable bonds is 7. The summed E-state index contributed by atoms with van der Waals surface area (Å²) in [5.74, 6) is 1.87. The second kappa shape index (κ2) is 8.26. The average Bonchev–Trinajstić information content (AvgIpc) is 2.92.